The Morgan fingerprint density at radius 3 is 2.79 bits per heavy atom. The van der Waals surface area contributed by atoms with Crippen LogP contribution in [-0.4, -0.2) is 25.7 Å². The predicted octanol–water partition coefficient (Wildman–Crippen LogP) is 3.22. The number of hydrogen-bond donors (Lipinski definition) is 1. The number of nitrogens with zero attached hydrogens (tertiary/aromatic N) is 4. The van der Waals surface area contributed by atoms with E-state index in [1.807, 2.05) is 43.3 Å². The predicted molar refractivity (Wildman–Crippen MR) is 104 cm³/mol. The molecule has 0 aliphatic heterocycles. The molecule has 7 heteroatoms. The molecule has 0 saturated carbocycles. The van der Waals surface area contributed by atoms with Gasteiger partial charge in [0.05, 0.1) is 29.9 Å². The van der Waals surface area contributed by atoms with Crippen LogP contribution in [0.3, 0.4) is 0 Å². The van der Waals surface area contributed by atoms with E-state index in [1.54, 1.807) is 35.6 Å². The summed E-state index contributed by atoms with van der Waals surface area (Å²) in [5.41, 5.74) is 4.45. The summed E-state index contributed by atoms with van der Waals surface area (Å²) in [6, 6.07) is 13.5. The quantitative estimate of drug-likeness (QED) is 0.561. The van der Waals surface area contributed by atoms with Gasteiger partial charge in [0.25, 0.3) is 0 Å². The van der Waals surface area contributed by atoms with E-state index in [4.69, 9.17) is 4.42 Å². The SMILES string of the molecule is Cc1nccnc1-c1cccc(-c2ccn(CC(=O)NCc3ccco3)n2)c1. The lowest BCUT2D eigenvalue weighted by Gasteiger charge is -2.06. The van der Waals surface area contributed by atoms with Crippen molar-refractivity contribution >= 4 is 5.91 Å². The lowest BCUT2D eigenvalue weighted by atomic mass is 10.0. The van der Waals surface area contributed by atoms with Gasteiger partial charge in [-0.25, -0.2) is 0 Å². The zero-order valence-corrected chi connectivity index (χ0v) is 15.4. The van der Waals surface area contributed by atoms with Crippen molar-refractivity contribution in [3.8, 4) is 22.5 Å². The number of carbonyl (C=O) groups excluding carboxylic acids is 1. The first-order chi connectivity index (χ1) is 13.7. The normalized spacial score (nSPS) is 10.8. The van der Waals surface area contributed by atoms with E-state index in [-0.39, 0.29) is 12.5 Å². The number of rotatable bonds is 6. The summed E-state index contributed by atoms with van der Waals surface area (Å²) in [5, 5.41) is 7.33. The minimum absolute atomic E-state index is 0.130. The fourth-order valence-electron chi connectivity index (χ4n) is 2.92. The number of benzene rings is 1. The Labute approximate surface area is 162 Å². The first kappa shape index (κ1) is 17.7. The monoisotopic (exact) mass is 373 g/mol. The van der Waals surface area contributed by atoms with E-state index < -0.39 is 0 Å². The van der Waals surface area contributed by atoms with Crippen LogP contribution in [0.1, 0.15) is 11.5 Å². The zero-order valence-electron chi connectivity index (χ0n) is 15.4. The van der Waals surface area contributed by atoms with Crippen molar-refractivity contribution < 1.29 is 9.21 Å². The zero-order chi connectivity index (χ0) is 19.3. The molecule has 4 aromatic rings. The van der Waals surface area contributed by atoms with Gasteiger partial charge in [0.2, 0.25) is 5.91 Å². The standard InChI is InChI=1S/C21H19N5O2/c1-15-21(23-9-8-22-15)17-5-2-4-16(12-17)19-7-10-26(25-19)14-20(27)24-13-18-6-3-11-28-18/h2-12H,13-14H2,1H3,(H,24,27). The van der Waals surface area contributed by atoms with E-state index in [0.717, 1.165) is 28.2 Å². The van der Waals surface area contributed by atoms with Gasteiger partial charge in [-0.1, -0.05) is 18.2 Å². The van der Waals surface area contributed by atoms with E-state index in [1.165, 1.54) is 0 Å². The van der Waals surface area contributed by atoms with Crippen molar-refractivity contribution in [2.45, 2.75) is 20.0 Å². The van der Waals surface area contributed by atoms with Gasteiger partial charge >= 0.3 is 0 Å². The van der Waals surface area contributed by atoms with Gasteiger partial charge in [-0.05, 0) is 31.2 Å². The van der Waals surface area contributed by atoms with Crippen LogP contribution in [0.15, 0.2) is 71.7 Å². The van der Waals surface area contributed by atoms with Gasteiger partial charge in [-0.2, -0.15) is 5.10 Å². The van der Waals surface area contributed by atoms with Crippen LogP contribution in [0.2, 0.25) is 0 Å². The van der Waals surface area contributed by atoms with Crippen LogP contribution >= 0.6 is 0 Å². The molecule has 3 heterocycles. The highest BCUT2D eigenvalue weighted by molar-refractivity contribution is 5.75. The summed E-state index contributed by atoms with van der Waals surface area (Å²) in [6.45, 7) is 2.44. The molecule has 0 spiro atoms. The molecule has 1 amide bonds. The highest BCUT2D eigenvalue weighted by Crippen LogP contribution is 2.25. The minimum atomic E-state index is -0.130. The molecule has 0 aliphatic rings. The van der Waals surface area contributed by atoms with Crippen molar-refractivity contribution in [2.24, 2.45) is 0 Å². The smallest absolute Gasteiger partial charge is 0.242 e. The lowest BCUT2D eigenvalue weighted by molar-refractivity contribution is -0.122. The average molecular weight is 373 g/mol. The average Bonchev–Trinajstić information content (AvgIpc) is 3.39. The first-order valence-corrected chi connectivity index (χ1v) is 8.90. The Morgan fingerprint density at radius 1 is 1.11 bits per heavy atom. The maximum atomic E-state index is 12.1. The number of aryl methyl sites for hydroxylation is 1. The summed E-state index contributed by atoms with van der Waals surface area (Å²) < 4.78 is 6.82. The van der Waals surface area contributed by atoms with Crippen molar-refractivity contribution in [1.29, 1.82) is 0 Å². The second-order valence-corrected chi connectivity index (χ2v) is 6.33. The topological polar surface area (TPSA) is 85.8 Å². The fourth-order valence-corrected chi connectivity index (χ4v) is 2.92. The third kappa shape index (κ3) is 3.98. The van der Waals surface area contributed by atoms with E-state index >= 15 is 0 Å². The van der Waals surface area contributed by atoms with Crippen LogP contribution in [0, 0.1) is 6.92 Å². The highest BCUT2D eigenvalue weighted by atomic mass is 16.3. The highest BCUT2D eigenvalue weighted by Gasteiger charge is 2.09. The Balaban J connectivity index is 1.46. The van der Waals surface area contributed by atoms with Gasteiger partial charge in [0, 0.05) is 29.7 Å². The van der Waals surface area contributed by atoms with Crippen LogP contribution < -0.4 is 5.32 Å². The molecule has 3 aromatic heterocycles. The first-order valence-electron chi connectivity index (χ1n) is 8.90. The molecule has 0 aliphatic carbocycles. The van der Waals surface area contributed by atoms with Gasteiger partial charge in [0.15, 0.2) is 0 Å². The summed E-state index contributed by atoms with van der Waals surface area (Å²) >= 11 is 0. The maximum absolute atomic E-state index is 12.1. The molecule has 0 saturated heterocycles. The molecular formula is C21H19N5O2. The minimum Gasteiger partial charge on any atom is -0.467 e. The van der Waals surface area contributed by atoms with Crippen molar-refractivity contribution in [1.82, 2.24) is 25.1 Å². The maximum Gasteiger partial charge on any atom is 0.242 e. The Morgan fingerprint density at radius 2 is 1.96 bits per heavy atom. The Kier molecular flexibility index (Phi) is 4.97. The Hall–Kier alpha value is -3.74. The molecule has 0 unspecified atom stereocenters. The summed E-state index contributed by atoms with van der Waals surface area (Å²) in [7, 11) is 0. The largest absolute Gasteiger partial charge is 0.467 e. The van der Waals surface area contributed by atoms with Crippen molar-refractivity contribution in [3.63, 3.8) is 0 Å². The van der Waals surface area contributed by atoms with Gasteiger partial charge in [-0.3, -0.25) is 19.4 Å². The molecule has 0 bridgehead atoms. The number of furan rings is 1. The molecule has 0 atom stereocenters. The van der Waals surface area contributed by atoms with Crippen LogP contribution in [0.5, 0.6) is 0 Å². The molecule has 1 N–H and O–H groups in total. The second kappa shape index (κ2) is 7.87. The number of hydrogen-bond acceptors (Lipinski definition) is 5. The molecule has 4 rings (SSSR count). The van der Waals surface area contributed by atoms with Gasteiger partial charge in [0.1, 0.15) is 12.3 Å². The molecule has 0 radical (unpaired) electrons. The molecule has 1 aromatic carbocycles. The molecular weight excluding hydrogens is 354 g/mol. The lowest BCUT2D eigenvalue weighted by Crippen LogP contribution is -2.27. The van der Waals surface area contributed by atoms with Crippen LogP contribution in [-0.2, 0) is 17.9 Å². The van der Waals surface area contributed by atoms with Gasteiger partial charge < -0.3 is 9.73 Å². The summed E-state index contributed by atoms with van der Waals surface area (Å²) in [4.78, 5) is 20.8. The molecule has 0 fully saturated rings. The molecule has 140 valence electrons. The summed E-state index contributed by atoms with van der Waals surface area (Å²) in [5.74, 6) is 0.584. The van der Waals surface area contributed by atoms with Gasteiger partial charge in [-0.15, -0.1) is 0 Å². The second-order valence-electron chi connectivity index (χ2n) is 6.33. The van der Waals surface area contributed by atoms with Crippen molar-refractivity contribution in [3.05, 3.63) is 78.8 Å². The van der Waals surface area contributed by atoms with E-state index in [9.17, 15) is 4.79 Å². The number of aromatic nitrogens is 4. The summed E-state index contributed by atoms with van der Waals surface area (Å²) in [6.07, 6.45) is 6.74. The fraction of sp³-hybridized carbons (Fsp3) is 0.143. The molecule has 7 nitrogen and oxygen atoms in total. The third-order valence-electron chi connectivity index (χ3n) is 4.30. The number of carbonyl (C=O) groups is 1. The molecule has 28 heavy (non-hydrogen) atoms. The number of nitrogens with one attached hydrogen (secondary N) is 1. The Bertz CT molecular complexity index is 1090. The van der Waals surface area contributed by atoms with Crippen LogP contribution in [0.25, 0.3) is 22.5 Å². The van der Waals surface area contributed by atoms with E-state index in [2.05, 4.69) is 20.4 Å². The van der Waals surface area contributed by atoms with E-state index in [0.29, 0.717) is 12.3 Å². The number of amides is 1. The van der Waals surface area contributed by atoms with Crippen LogP contribution in [0.4, 0.5) is 0 Å². The van der Waals surface area contributed by atoms with Crippen molar-refractivity contribution in [2.75, 3.05) is 0 Å². The third-order valence-corrected chi connectivity index (χ3v) is 4.30.